The van der Waals surface area contributed by atoms with Crippen molar-refractivity contribution in [3.63, 3.8) is 0 Å². The molecule has 0 radical (unpaired) electrons. The molecule has 0 aromatic heterocycles. The third-order valence-electron chi connectivity index (χ3n) is 3.73. The number of hydrogen-bond donors (Lipinski definition) is 0. The Labute approximate surface area is 116 Å². The van der Waals surface area contributed by atoms with Crippen LogP contribution in [0.25, 0.3) is 0 Å². The molecule has 0 N–H and O–H groups in total. The van der Waals surface area contributed by atoms with Crippen molar-refractivity contribution in [1.29, 1.82) is 0 Å². The molecule has 3 rings (SSSR count). The van der Waals surface area contributed by atoms with Crippen LogP contribution in [0.3, 0.4) is 0 Å². The van der Waals surface area contributed by atoms with Crippen molar-refractivity contribution in [1.82, 2.24) is 0 Å². The molecule has 0 saturated carbocycles. The molecule has 2 unspecified atom stereocenters. The number of alkyl halides is 1. The highest BCUT2D eigenvalue weighted by atomic mass is 35.5. The smallest absolute Gasteiger partial charge is 0.159 e. The van der Waals surface area contributed by atoms with Crippen molar-refractivity contribution in [2.45, 2.75) is 18.2 Å². The molecule has 0 saturated heterocycles. The fraction of sp³-hybridized carbons (Fsp3) is 0.250. The quantitative estimate of drug-likeness (QED) is 0.701. The maximum absolute atomic E-state index is 13.2. The highest BCUT2D eigenvalue weighted by molar-refractivity contribution is 6.21. The molecular formula is C16H13ClF2. The molecular weight excluding hydrogens is 266 g/mol. The second kappa shape index (κ2) is 4.93. The van der Waals surface area contributed by atoms with Gasteiger partial charge >= 0.3 is 0 Å². The van der Waals surface area contributed by atoms with E-state index in [1.165, 1.54) is 17.7 Å². The van der Waals surface area contributed by atoms with Crippen LogP contribution in [0.2, 0.25) is 0 Å². The number of hydrogen-bond acceptors (Lipinski definition) is 0. The summed E-state index contributed by atoms with van der Waals surface area (Å²) in [5.41, 5.74) is 3.22. The maximum Gasteiger partial charge on any atom is 0.159 e. The zero-order chi connectivity index (χ0) is 13.4. The van der Waals surface area contributed by atoms with Crippen LogP contribution in [0.15, 0.2) is 42.5 Å². The van der Waals surface area contributed by atoms with Crippen molar-refractivity contribution in [2.24, 2.45) is 5.92 Å². The van der Waals surface area contributed by atoms with E-state index in [0.29, 0.717) is 6.42 Å². The minimum absolute atomic E-state index is 0.0516. The molecule has 0 fully saturated rings. The van der Waals surface area contributed by atoms with Gasteiger partial charge in [-0.2, -0.15) is 0 Å². The Kier molecular flexibility index (Phi) is 3.28. The average Bonchev–Trinajstić information content (AvgIpc) is 2.72. The first kappa shape index (κ1) is 12.6. The number of rotatable bonds is 2. The molecule has 1 aliphatic rings. The van der Waals surface area contributed by atoms with Crippen molar-refractivity contribution in [3.05, 3.63) is 70.8 Å². The van der Waals surface area contributed by atoms with Crippen LogP contribution in [-0.4, -0.2) is 0 Å². The van der Waals surface area contributed by atoms with Crippen molar-refractivity contribution in [2.75, 3.05) is 0 Å². The van der Waals surface area contributed by atoms with Gasteiger partial charge in [-0.05, 0) is 47.6 Å². The van der Waals surface area contributed by atoms with E-state index in [4.69, 9.17) is 11.6 Å². The summed E-state index contributed by atoms with van der Waals surface area (Å²) in [4.78, 5) is 0. The van der Waals surface area contributed by atoms with E-state index in [-0.39, 0.29) is 11.3 Å². The SMILES string of the molecule is Fc1ccc(CC2Cc3ccccc3C2Cl)cc1F. The second-order valence-corrected chi connectivity index (χ2v) is 5.49. The van der Waals surface area contributed by atoms with E-state index < -0.39 is 11.6 Å². The molecule has 19 heavy (non-hydrogen) atoms. The second-order valence-electron chi connectivity index (χ2n) is 5.02. The Morgan fingerprint density at radius 1 is 1.05 bits per heavy atom. The van der Waals surface area contributed by atoms with Gasteiger partial charge in [0.2, 0.25) is 0 Å². The summed E-state index contributed by atoms with van der Waals surface area (Å²) < 4.78 is 26.1. The first-order valence-electron chi connectivity index (χ1n) is 6.31. The fourth-order valence-electron chi connectivity index (χ4n) is 2.77. The molecule has 1 aliphatic carbocycles. The van der Waals surface area contributed by atoms with Crippen LogP contribution < -0.4 is 0 Å². The molecule has 0 heterocycles. The van der Waals surface area contributed by atoms with Crippen molar-refractivity contribution in [3.8, 4) is 0 Å². The van der Waals surface area contributed by atoms with E-state index in [1.54, 1.807) is 6.07 Å². The summed E-state index contributed by atoms with van der Waals surface area (Å²) in [5, 5.41) is -0.0516. The van der Waals surface area contributed by atoms with Crippen LogP contribution >= 0.6 is 11.6 Å². The Balaban J connectivity index is 1.80. The lowest BCUT2D eigenvalue weighted by molar-refractivity contribution is 0.500. The summed E-state index contributed by atoms with van der Waals surface area (Å²) in [6, 6.07) is 12.2. The maximum atomic E-state index is 13.2. The van der Waals surface area contributed by atoms with Crippen molar-refractivity contribution < 1.29 is 8.78 Å². The predicted octanol–water partition coefficient (Wildman–Crippen LogP) is 4.66. The first-order valence-corrected chi connectivity index (χ1v) is 6.74. The summed E-state index contributed by atoms with van der Waals surface area (Å²) in [6.07, 6.45) is 1.56. The lowest BCUT2D eigenvalue weighted by Gasteiger charge is -2.14. The molecule has 0 bridgehead atoms. The molecule has 2 aromatic carbocycles. The van der Waals surface area contributed by atoms with Crippen LogP contribution in [0.5, 0.6) is 0 Å². The van der Waals surface area contributed by atoms with Gasteiger partial charge in [0, 0.05) is 0 Å². The van der Waals surface area contributed by atoms with Gasteiger partial charge in [-0.3, -0.25) is 0 Å². The lowest BCUT2D eigenvalue weighted by Crippen LogP contribution is -2.07. The number of fused-ring (bicyclic) bond motifs is 1. The lowest BCUT2D eigenvalue weighted by atomic mass is 9.96. The average molecular weight is 279 g/mol. The fourth-order valence-corrected chi connectivity index (χ4v) is 3.17. The molecule has 2 atom stereocenters. The summed E-state index contributed by atoms with van der Waals surface area (Å²) in [6.45, 7) is 0. The van der Waals surface area contributed by atoms with Gasteiger partial charge < -0.3 is 0 Å². The Hall–Kier alpha value is -1.41. The first-order chi connectivity index (χ1) is 9.15. The van der Waals surface area contributed by atoms with E-state index in [1.807, 2.05) is 18.2 Å². The van der Waals surface area contributed by atoms with Gasteiger partial charge in [-0.25, -0.2) is 8.78 Å². The van der Waals surface area contributed by atoms with Crippen LogP contribution in [0, 0.1) is 17.6 Å². The molecule has 0 aliphatic heterocycles. The van der Waals surface area contributed by atoms with E-state index in [9.17, 15) is 8.78 Å². The van der Waals surface area contributed by atoms with Gasteiger partial charge in [-0.15, -0.1) is 11.6 Å². The summed E-state index contributed by atoms with van der Waals surface area (Å²) in [5.74, 6) is -1.36. The normalized spacial score (nSPS) is 21.4. The number of halogens is 3. The van der Waals surface area contributed by atoms with Crippen LogP contribution in [0.1, 0.15) is 22.1 Å². The predicted molar refractivity (Wildman–Crippen MR) is 72.3 cm³/mol. The van der Waals surface area contributed by atoms with E-state index in [2.05, 4.69) is 6.07 Å². The molecule has 98 valence electrons. The van der Waals surface area contributed by atoms with Gasteiger partial charge in [0.15, 0.2) is 11.6 Å². The highest BCUT2D eigenvalue weighted by Crippen LogP contribution is 2.42. The van der Waals surface area contributed by atoms with Crippen molar-refractivity contribution >= 4 is 11.6 Å². The van der Waals surface area contributed by atoms with Gasteiger partial charge in [-0.1, -0.05) is 30.3 Å². The van der Waals surface area contributed by atoms with Gasteiger partial charge in [0.05, 0.1) is 5.38 Å². The molecule has 3 heteroatoms. The monoisotopic (exact) mass is 278 g/mol. The summed E-state index contributed by atoms with van der Waals surface area (Å²) >= 11 is 6.46. The number of benzene rings is 2. The third-order valence-corrected chi connectivity index (χ3v) is 4.32. The van der Waals surface area contributed by atoms with Crippen LogP contribution in [0.4, 0.5) is 8.78 Å². The Bertz CT molecular complexity index is 609. The molecule has 0 spiro atoms. The minimum atomic E-state index is -0.805. The standard InChI is InChI=1S/C16H13ClF2/c17-16-12(9-11-3-1-2-4-13(11)16)7-10-5-6-14(18)15(19)8-10/h1-6,8,12,16H,7,9H2. The largest absolute Gasteiger partial charge is 0.204 e. The van der Waals surface area contributed by atoms with Gasteiger partial charge in [0.1, 0.15) is 0 Å². The zero-order valence-corrected chi connectivity index (χ0v) is 11.0. The minimum Gasteiger partial charge on any atom is -0.204 e. The molecule has 0 amide bonds. The van der Waals surface area contributed by atoms with Crippen LogP contribution in [-0.2, 0) is 12.8 Å². The van der Waals surface area contributed by atoms with E-state index >= 15 is 0 Å². The van der Waals surface area contributed by atoms with Gasteiger partial charge in [0.25, 0.3) is 0 Å². The Morgan fingerprint density at radius 2 is 1.84 bits per heavy atom. The van der Waals surface area contributed by atoms with E-state index in [0.717, 1.165) is 17.5 Å². The molecule has 2 aromatic rings. The highest BCUT2D eigenvalue weighted by Gasteiger charge is 2.30. The molecule has 0 nitrogen and oxygen atoms in total. The summed E-state index contributed by atoms with van der Waals surface area (Å²) in [7, 11) is 0. The Morgan fingerprint density at radius 3 is 2.58 bits per heavy atom. The topological polar surface area (TPSA) is 0 Å². The zero-order valence-electron chi connectivity index (χ0n) is 10.2. The third kappa shape index (κ3) is 2.37.